The number of hydrogen-bond acceptors (Lipinski definition) is 3. The number of anilines is 1. The van der Waals surface area contributed by atoms with E-state index in [1.807, 2.05) is 14.0 Å². The molecule has 5 heteroatoms. The highest BCUT2D eigenvalue weighted by atomic mass is 16.5. The molecule has 4 rings (SSSR count). The lowest BCUT2D eigenvalue weighted by Gasteiger charge is -2.26. The maximum absolute atomic E-state index is 12.9. The van der Waals surface area contributed by atoms with Crippen LogP contribution in [-0.2, 0) is 23.7 Å². The number of carbonyl (C=O) groups is 1. The molecule has 0 unspecified atom stereocenters. The Morgan fingerprint density at radius 3 is 3.00 bits per heavy atom. The van der Waals surface area contributed by atoms with Crippen molar-refractivity contribution < 1.29 is 9.53 Å². The van der Waals surface area contributed by atoms with Gasteiger partial charge in [-0.05, 0) is 43.7 Å². The Morgan fingerprint density at radius 2 is 2.21 bits per heavy atom. The summed E-state index contributed by atoms with van der Waals surface area (Å²) >= 11 is 0. The number of fused-ring (bicyclic) bond motifs is 2. The Bertz CT molecular complexity index is 811. The summed E-state index contributed by atoms with van der Waals surface area (Å²) in [5, 5.41) is 7.40. The zero-order valence-electron chi connectivity index (χ0n) is 14.4. The van der Waals surface area contributed by atoms with E-state index in [4.69, 9.17) is 4.74 Å². The minimum atomic E-state index is 0.0439. The number of methoxy groups -OCH3 is 1. The summed E-state index contributed by atoms with van der Waals surface area (Å²) in [5.41, 5.74) is 4.31. The molecule has 126 valence electrons. The van der Waals surface area contributed by atoms with Gasteiger partial charge in [0.2, 0.25) is 11.8 Å². The molecule has 1 saturated carbocycles. The van der Waals surface area contributed by atoms with Crippen molar-refractivity contribution >= 4 is 11.6 Å². The number of hydrogen-bond donors (Lipinski definition) is 1. The molecule has 0 aliphatic heterocycles. The molecule has 24 heavy (non-hydrogen) atoms. The average Bonchev–Trinajstić information content (AvgIpc) is 3.22. The lowest BCUT2D eigenvalue weighted by molar-refractivity contribution is -0.117. The molecule has 2 atom stereocenters. The van der Waals surface area contributed by atoms with E-state index in [2.05, 4.69) is 34.7 Å². The highest BCUT2D eigenvalue weighted by Crippen LogP contribution is 2.60. The normalized spacial score (nSPS) is 24.5. The molecule has 1 fully saturated rings. The molecule has 1 aromatic carbocycles. The van der Waals surface area contributed by atoms with Gasteiger partial charge < -0.3 is 10.1 Å². The van der Waals surface area contributed by atoms with Crippen molar-refractivity contribution in [1.29, 1.82) is 0 Å². The van der Waals surface area contributed by atoms with Crippen LogP contribution in [0.1, 0.15) is 36.1 Å². The number of ether oxygens (including phenoxy) is 1. The zero-order valence-corrected chi connectivity index (χ0v) is 14.4. The maximum Gasteiger partial charge on any atom is 0.236 e. The molecule has 1 amide bonds. The summed E-state index contributed by atoms with van der Waals surface area (Å²) in [4.78, 5) is 12.9. The number of nitrogens with zero attached hydrogens (tertiary/aromatic N) is 2. The van der Waals surface area contributed by atoms with E-state index in [0.29, 0.717) is 11.6 Å². The summed E-state index contributed by atoms with van der Waals surface area (Å²) in [6.07, 6.45) is 4.33. The molecule has 2 aromatic rings. The Hall–Kier alpha value is -2.30. The predicted octanol–water partition coefficient (Wildman–Crippen LogP) is 2.97. The Labute approximate surface area is 142 Å². The molecule has 2 aliphatic rings. The van der Waals surface area contributed by atoms with Gasteiger partial charge in [0.15, 0.2) is 0 Å². The van der Waals surface area contributed by atoms with Crippen LogP contribution in [0.3, 0.4) is 0 Å². The van der Waals surface area contributed by atoms with Gasteiger partial charge in [0.05, 0.1) is 12.8 Å². The molecular weight excluding hydrogens is 302 g/mol. The van der Waals surface area contributed by atoms with E-state index in [9.17, 15) is 4.79 Å². The van der Waals surface area contributed by atoms with Crippen molar-refractivity contribution in [1.82, 2.24) is 9.78 Å². The maximum atomic E-state index is 12.9. The first-order valence-electron chi connectivity index (χ1n) is 8.53. The summed E-state index contributed by atoms with van der Waals surface area (Å²) in [5.74, 6) is 0.726. The molecule has 1 heterocycles. The predicted molar refractivity (Wildman–Crippen MR) is 92.3 cm³/mol. The van der Waals surface area contributed by atoms with Gasteiger partial charge in [0.25, 0.3) is 0 Å². The van der Waals surface area contributed by atoms with Crippen LogP contribution in [-0.4, -0.2) is 22.8 Å². The van der Waals surface area contributed by atoms with E-state index < -0.39 is 0 Å². The van der Waals surface area contributed by atoms with Crippen LogP contribution in [0.25, 0.3) is 0 Å². The smallest absolute Gasteiger partial charge is 0.236 e. The second kappa shape index (κ2) is 5.36. The quantitative estimate of drug-likeness (QED) is 0.944. The first-order chi connectivity index (χ1) is 11.6. The Morgan fingerprint density at radius 1 is 1.42 bits per heavy atom. The van der Waals surface area contributed by atoms with Crippen molar-refractivity contribution in [2.45, 2.75) is 38.0 Å². The zero-order chi connectivity index (χ0) is 16.9. The van der Waals surface area contributed by atoms with Gasteiger partial charge in [-0.1, -0.05) is 24.3 Å². The monoisotopic (exact) mass is 325 g/mol. The van der Waals surface area contributed by atoms with Crippen LogP contribution in [0.2, 0.25) is 0 Å². The lowest BCUT2D eigenvalue weighted by Crippen LogP contribution is -2.25. The van der Waals surface area contributed by atoms with Gasteiger partial charge in [-0.2, -0.15) is 5.10 Å². The number of aromatic nitrogens is 2. The molecule has 2 aliphatic carbocycles. The second-order valence-corrected chi connectivity index (χ2v) is 7.01. The van der Waals surface area contributed by atoms with Gasteiger partial charge >= 0.3 is 0 Å². The van der Waals surface area contributed by atoms with Crippen LogP contribution in [0.5, 0.6) is 5.88 Å². The summed E-state index contributed by atoms with van der Waals surface area (Å²) in [7, 11) is 3.42. The molecule has 0 radical (unpaired) electrons. The number of nitrogens with one attached hydrogen (secondary N) is 1. The topological polar surface area (TPSA) is 56.1 Å². The molecule has 5 nitrogen and oxygen atoms in total. The standard InChI is InChI=1S/C19H23N3O2/c1-12-16(18(24-3)22(2)21-12)20-17(23)15-11-19(15)10-6-8-13-7-4-5-9-14(13)19/h4-5,7,9,15H,6,8,10-11H2,1-3H3,(H,20,23)/t15-,19-/m1/s1. The SMILES string of the molecule is COc1c(NC(=O)[C@H]2C[C@@]23CCCc2ccccc23)c(C)nn1C. The van der Waals surface area contributed by atoms with Crippen molar-refractivity contribution in [3.63, 3.8) is 0 Å². The van der Waals surface area contributed by atoms with Gasteiger partial charge in [0, 0.05) is 18.4 Å². The van der Waals surface area contributed by atoms with E-state index in [1.165, 1.54) is 11.1 Å². The molecule has 1 spiro atoms. The number of amides is 1. The lowest BCUT2D eigenvalue weighted by atomic mass is 9.78. The van der Waals surface area contributed by atoms with Crippen LogP contribution in [0.4, 0.5) is 5.69 Å². The van der Waals surface area contributed by atoms with Crippen LogP contribution >= 0.6 is 0 Å². The van der Waals surface area contributed by atoms with Gasteiger partial charge in [-0.3, -0.25) is 4.79 Å². The van der Waals surface area contributed by atoms with Gasteiger partial charge in [-0.15, -0.1) is 0 Å². The fraction of sp³-hybridized carbons (Fsp3) is 0.474. The van der Waals surface area contributed by atoms with Crippen LogP contribution in [0, 0.1) is 12.8 Å². The summed E-state index contributed by atoms with van der Waals surface area (Å²) in [6, 6.07) is 8.60. The van der Waals surface area contributed by atoms with E-state index >= 15 is 0 Å². The minimum absolute atomic E-state index is 0.0439. The third-order valence-corrected chi connectivity index (χ3v) is 5.63. The molecular formula is C19H23N3O2. The summed E-state index contributed by atoms with van der Waals surface area (Å²) < 4.78 is 7.03. The van der Waals surface area contributed by atoms with E-state index in [1.54, 1.807) is 11.8 Å². The molecule has 1 aromatic heterocycles. The minimum Gasteiger partial charge on any atom is -0.480 e. The summed E-state index contributed by atoms with van der Waals surface area (Å²) in [6.45, 7) is 1.89. The highest BCUT2D eigenvalue weighted by molar-refractivity contribution is 5.97. The number of rotatable bonds is 3. The second-order valence-electron chi connectivity index (χ2n) is 7.01. The average molecular weight is 325 g/mol. The van der Waals surface area contributed by atoms with Gasteiger partial charge in [-0.25, -0.2) is 4.68 Å². The molecule has 0 saturated heterocycles. The van der Waals surface area contributed by atoms with Gasteiger partial charge in [0.1, 0.15) is 5.69 Å². The van der Waals surface area contributed by atoms with Crippen molar-refractivity contribution in [3.8, 4) is 5.88 Å². The number of aryl methyl sites for hydroxylation is 3. The van der Waals surface area contributed by atoms with Crippen molar-refractivity contribution in [2.75, 3.05) is 12.4 Å². The fourth-order valence-electron chi connectivity index (χ4n) is 4.40. The first-order valence-corrected chi connectivity index (χ1v) is 8.53. The third kappa shape index (κ3) is 2.14. The van der Waals surface area contributed by atoms with Crippen molar-refractivity contribution in [2.24, 2.45) is 13.0 Å². The Kier molecular flexibility index (Phi) is 3.41. The van der Waals surface area contributed by atoms with E-state index in [-0.39, 0.29) is 17.2 Å². The fourth-order valence-corrected chi connectivity index (χ4v) is 4.40. The third-order valence-electron chi connectivity index (χ3n) is 5.63. The first kappa shape index (κ1) is 15.2. The Balaban J connectivity index is 1.59. The largest absolute Gasteiger partial charge is 0.480 e. The van der Waals surface area contributed by atoms with Crippen LogP contribution in [0.15, 0.2) is 24.3 Å². The number of carbonyl (C=O) groups excluding carboxylic acids is 1. The van der Waals surface area contributed by atoms with Crippen LogP contribution < -0.4 is 10.1 Å². The van der Waals surface area contributed by atoms with Crippen molar-refractivity contribution in [3.05, 3.63) is 41.1 Å². The number of benzene rings is 1. The molecule has 1 N–H and O–H groups in total. The highest BCUT2D eigenvalue weighted by Gasteiger charge is 2.60. The molecule has 0 bridgehead atoms. The van der Waals surface area contributed by atoms with E-state index in [0.717, 1.165) is 31.4 Å².